The third kappa shape index (κ3) is 6.52. The van der Waals surface area contributed by atoms with Crippen molar-refractivity contribution in [1.82, 2.24) is 5.43 Å². The van der Waals surface area contributed by atoms with Gasteiger partial charge in [-0.15, -0.1) is 0 Å². The molecule has 24 heavy (non-hydrogen) atoms. The number of hydrazone groups is 1. The molecule has 0 spiro atoms. The van der Waals surface area contributed by atoms with Gasteiger partial charge < -0.3 is 5.32 Å². The molecule has 2 aromatic rings. The number of hydrogen-bond donors (Lipinski definition) is 2. The summed E-state index contributed by atoms with van der Waals surface area (Å²) in [4.78, 5) is 23.5. The lowest BCUT2D eigenvalue weighted by Gasteiger charge is -2.05. The molecule has 0 aliphatic carbocycles. The maximum Gasteiger partial charge on any atom is 0.240 e. The molecule has 0 fully saturated rings. The molecule has 0 aliphatic rings. The summed E-state index contributed by atoms with van der Waals surface area (Å²) in [6.07, 6.45) is 1.64. The van der Waals surface area contributed by atoms with Gasteiger partial charge >= 0.3 is 0 Å². The Morgan fingerprint density at radius 2 is 1.83 bits per heavy atom. The number of amides is 2. The van der Waals surface area contributed by atoms with Crippen molar-refractivity contribution >= 4 is 51.2 Å². The van der Waals surface area contributed by atoms with E-state index in [4.69, 9.17) is 11.6 Å². The van der Waals surface area contributed by atoms with Crippen molar-refractivity contribution in [2.45, 2.75) is 12.8 Å². The molecular formula is C17H15BrClN3O2. The van der Waals surface area contributed by atoms with Gasteiger partial charge in [0, 0.05) is 28.0 Å². The Kier molecular flexibility index (Phi) is 6.96. The molecule has 0 aliphatic heterocycles. The summed E-state index contributed by atoms with van der Waals surface area (Å²) in [5.74, 6) is -0.592. The minimum absolute atomic E-state index is 0.0439. The van der Waals surface area contributed by atoms with Gasteiger partial charge in [-0.3, -0.25) is 9.59 Å². The van der Waals surface area contributed by atoms with Gasteiger partial charge in [0.2, 0.25) is 11.8 Å². The molecule has 0 radical (unpaired) electrons. The van der Waals surface area contributed by atoms with E-state index in [1.807, 2.05) is 24.3 Å². The summed E-state index contributed by atoms with van der Waals surface area (Å²) < 4.78 is 0.926. The predicted molar refractivity (Wildman–Crippen MR) is 99.2 cm³/mol. The molecule has 2 rings (SSSR count). The van der Waals surface area contributed by atoms with Crippen LogP contribution in [0.2, 0.25) is 5.02 Å². The summed E-state index contributed by atoms with van der Waals surface area (Å²) in [7, 11) is 0. The zero-order valence-corrected chi connectivity index (χ0v) is 15.0. The normalized spacial score (nSPS) is 10.6. The number of carbonyl (C=O) groups excluding carboxylic acids is 2. The van der Waals surface area contributed by atoms with Crippen LogP contribution < -0.4 is 10.7 Å². The number of nitrogens with zero attached hydrogens (tertiary/aromatic N) is 1. The van der Waals surface area contributed by atoms with Crippen LogP contribution in [-0.2, 0) is 9.59 Å². The van der Waals surface area contributed by atoms with Crippen LogP contribution in [0.15, 0.2) is 58.1 Å². The van der Waals surface area contributed by atoms with Crippen molar-refractivity contribution < 1.29 is 9.59 Å². The van der Waals surface area contributed by atoms with E-state index in [1.165, 1.54) is 6.21 Å². The number of nitrogens with one attached hydrogen (secondary N) is 2. The fraction of sp³-hybridized carbons (Fsp3) is 0.118. The van der Waals surface area contributed by atoms with Gasteiger partial charge in [-0.2, -0.15) is 5.10 Å². The van der Waals surface area contributed by atoms with Gasteiger partial charge in [0.1, 0.15) is 0 Å². The summed E-state index contributed by atoms with van der Waals surface area (Å²) in [5, 5.41) is 7.08. The van der Waals surface area contributed by atoms with Crippen molar-refractivity contribution in [3.63, 3.8) is 0 Å². The predicted octanol–water partition coefficient (Wildman–Crippen LogP) is 3.97. The van der Waals surface area contributed by atoms with Crippen LogP contribution in [0.1, 0.15) is 18.4 Å². The molecule has 0 unspecified atom stereocenters. The van der Waals surface area contributed by atoms with E-state index in [1.54, 1.807) is 24.3 Å². The summed E-state index contributed by atoms with van der Waals surface area (Å²) in [6, 6.07) is 14.3. The zero-order chi connectivity index (χ0) is 17.4. The van der Waals surface area contributed by atoms with Crippen LogP contribution in [0, 0.1) is 0 Å². The zero-order valence-electron chi connectivity index (χ0n) is 12.6. The molecule has 2 amide bonds. The standard InChI is InChI=1S/C17H15BrClN3O2/c18-13-4-1-3-12(9-13)11-20-22-17(24)8-7-16(23)21-15-6-2-5-14(19)10-15/h1-6,9-11H,7-8H2,(H,21,23)(H,22,24)/b20-11-. The maximum absolute atomic E-state index is 11.8. The Labute approximate surface area is 153 Å². The van der Waals surface area contributed by atoms with Crippen LogP contribution in [0.4, 0.5) is 5.69 Å². The van der Waals surface area contributed by atoms with Crippen LogP contribution in [0.3, 0.4) is 0 Å². The lowest BCUT2D eigenvalue weighted by Crippen LogP contribution is -2.20. The van der Waals surface area contributed by atoms with Gasteiger partial charge in [0.25, 0.3) is 0 Å². The van der Waals surface area contributed by atoms with E-state index in [-0.39, 0.29) is 24.7 Å². The van der Waals surface area contributed by atoms with Gasteiger partial charge in [0.15, 0.2) is 0 Å². The van der Waals surface area contributed by atoms with E-state index in [0.717, 1.165) is 10.0 Å². The van der Waals surface area contributed by atoms with Gasteiger partial charge in [0.05, 0.1) is 6.21 Å². The third-order valence-electron chi connectivity index (χ3n) is 2.94. The van der Waals surface area contributed by atoms with Crippen LogP contribution in [-0.4, -0.2) is 18.0 Å². The largest absolute Gasteiger partial charge is 0.326 e. The van der Waals surface area contributed by atoms with Crippen LogP contribution >= 0.6 is 27.5 Å². The van der Waals surface area contributed by atoms with Gasteiger partial charge in [-0.25, -0.2) is 5.43 Å². The first-order valence-corrected chi connectivity index (χ1v) is 8.33. The molecule has 0 atom stereocenters. The van der Waals surface area contributed by atoms with E-state index in [2.05, 4.69) is 31.8 Å². The molecule has 0 aromatic heterocycles. The summed E-state index contributed by atoms with van der Waals surface area (Å²) in [5.41, 5.74) is 3.84. The van der Waals surface area contributed by atoms with E-state index in [0.29, 0.717) is 10.7 Å². The highest BCUT2D eigenvalue weighted by Crippen LogP contribution is 2.15. The summed E-state index contributed by atoms with van der Waals surface area (Å²) >= 11 is 9.19. The second-order valence-electron chi connectivity index (χ2n) is 4.91. The Balaban J connectivity index is 1.73. The molecule has 2 N–H and O–H groups in total. The highest BCUT2D eigenvalue weighted by molar-refractivity contribution is 9.10. The maximum atomic E-state index is 11.8. The minimum atomic E-state index is -0.331. The molecule has 0 heterocycles. The first-order valence-electron chi connectivity index (χ1n) is 7.16. The van der Waals surface area contributed by atoms with Crippen LogP contribution in [0.25, 0.3) is 0 Å². The average Bonchev–Trinajstić information content (AvgIpc) is 2.53. The van der Waals surface area contributed by atoms with Crippen molar-refractivity contribution in [2.75, 3.05) is 5.32 Å². The van der Waals surface area contributed by atoms with E-state index >= 15 is 0 Å². The number of carbonyl (C=O) groups is 2. The average molecular weight is 409 g/mol. The topological polar surface area (TPSA) is 70.6 Å². The Bertz CT molecular complexity index is 765. The molecule has 0 saturated carbocycles. The number of halogens is 2. The molecule has 7 heteroatoms. The van der Waals surface area contributed by atoms with E-state index < -0.39 is 0 Å². The molecule has 5 nitrogen and oxygen atoms in total. The van der Waals surface area contributed by atoms with Gasteiger partial charge in [-0.1, -0.05) is 45.7 Å². The SMILES string of the molecule is O=C(CCC(=O)Nc1cccc(Cl)c1)N/N=C\c1cccc(Br)c1. The smallest absolute Gasteiger partial charge is 0.240 e. The summed E-state index contributed by atoms with van der Waals surface area (Å²) in [6.45, 7) is 0. The first-order chi connectivity index (χ1) is 11.5. The molecule has 0 saturated heterocycles. The van der Waals surface area contributed by atoms with Crippen molar-refractivity contribution in [1.29, 1.82) is 0 Å². The highest BCUT2D eigenvalue weighted by atomic mass is 79.9. The molecular weight excluding hydrogens is 394 g/mol. The third-order valence-corrected chi connectivity index (χ3v) is 3.67. The number of benzene rings is 2. The second kappa shape index (κ2) is 9.20. The minimum Gasteiger partial charge on any atom is -0.326 e. The fourth-order valence-corrected chi connectivity index (χ4v) is 2.45. The lowest BCUT2D eigenvalue weighted by molar-refractivity contribution is -0.124. The Morgan fingerprint density at radius 3 is 2.58 bits per heavy atom. The van der Waals surface area contributed by atoms with Crippen LogP contribution in [0.5, 0.6) is 0 Å². The fourth-order valence-electron chi connectivity index (χ4n) is 1.84. The first kappa shape index (κ1) is 18.2. The Hall–Kier alpha value is -2.18. The van der Waals surface area contributed by atoms with Crippen molar-refractivity contribution in [3.8, 4) is 0 Å². The number of anilines is 1. The lowest BCUT2D eigenvalue weighted by atomic mass is 10.2. The van der Waals surface area contributed by atoms with Crippen molar-refractivity contribution in [3.05, 3.63) is 63.6 Å². The van der Waals surface area contributed by atoms with E-state index in [9.17, 15) is 9.59 Å². The highest BCUT2D eigenvalue weighted by Gasteiger charge is 2.07. The van der Waals surface area contributed by atoms with Gasteiger partial charge in [-0.05, 0) is 35.9 Å². The monoisotopic (exact) mass is 407 g/mol. The molecule has 2 aromatic carbocycles. The Morgan fingerprint density at radius 1 is 1.08 bits per heavy atom. The molecule has 0 bridgehead atoms. The number of hydrogen-bond acceptors (Lipinski definition) is 3. The second-order valence-corrected chi connectivity index (χ2v) is 6.26. The van der Waals surface area contributed by atoms with Crippen molar-refractivity contribution in [2.24, 2.45) is 5.10 Å². The molecule has 124 valence electrons. The number of rotatable bonds is 6. The quantitative estimate of drug-likeness (QED) is 0.561.